The number of nitrogens with zero attached hydrogens (tertiary/aromatic N) is 2. The van der Waals surface area contributed by atoms with Gasteiger partial charge in [0.1, 0.15) is 0 Å². The number of hydrogen-bond acceptors (Lipinski definition) is 4. The van der Waals surface area contributed by atoms with Crippen molar-refractivity contribution in [3.05, 3.63) is 59.2 Å². The van der Waals surface area contributed by atoms with Crippen LogP contribution in [-0.4, -0.2) is 30.8 Å². The van der Waals surface area contributed by atoms with E-state index in [9.17, 15) is 4.79 Å². The van der Waals surface area contributed by atoms with E-state index in [4.69, 9.17) is 9.47 Å². The van der Waals surface area contributed by atoms with Gasteiger partial charge in [-0.15, -0.1) is 0 Å². The lowest BCUT2D eigenvalue weighted by molar-refractivity contribution is -0.130. The number of benzene rings is 2. The summed E-state index contributed by atoms with van der Waals surface area (Å²) in [6.07, 6.45) is 0.632. The van der Waals surface area contributed by atoms with Gasteiger partial charge in [-0.2, -0.15) is 5.10 Å². The number of carbonyl (C=O) groups is 1. The van der Waals surface area contributed by atoms with Crippen LogP contribution in [0.2, 0.25) is 0 Å². The molecule has 0 aliphatic carbocycles. The molecule has 25 heavy (non-hydrogen) atoms. The Hall–Kier alpha value is -2.82. The number of para-hydroxylation sites is 1. The molecule has 1 aliphatic heterocycles. The number of ether oxygens (including phenoxy) is 2. The van der Waals surface area contributed by atoms with Gasteiger partial charge >= 0.3 is 0 Å². The van der Waals surface area contributed by atoms with Crippen LogP contribution in [0.4, 0.5) is 0 Å². The highest BCUT2D eigenvalue weighted by molar-refractivity contribution is 6.03. The van der Waals surface area contributed by atoms with Gasteiger partial charge in [-0.05, 0) is 18.6 Å². The van der Waals surface area contributed by atoms with E-state index >= 15 is 0 Å². The van der Waals surface area contributed by atoms with Gasteiger partial charge in [-0.25, -0.2) is 5.01 Å². The topological polar surface area (TPSA) is 51.1 Å². The molecule has 0 saturated heterocycles. The van der Waals surface area contributed by atoms with Crippen molar-refractivity contribution in [2.24, 2.45) is 5.10 Å². The Labute approximate surface area is 147 Å². The van der Waals surface area contributed by atoms with Crippen molar-refractivity contribution < 1.29 is 14.3 Å². The van der Waals surface area contributed by atoms with Gasteiger partial charge in [0, 0.05) is 18.9 Å². The molecule has 5 heteroatoms. The van der Waals surface area contributed by atoms with Crippen molar-refractivity contribution in [3.63, 3.8) is 0 Å². The van der Waals surface area contributed by atoms with Gasteiger partial charge in [-0.1, -0.05) is 42.0 Å². The first-order valence-corrected chi connectivity index (χ1v) is 8.20. The van der Waals surface area contributed by atoms with Crippen molar-refractivity contribution >= 4 is 11.6 Å². The zero-order valence-electron chi connectivity index (χ0n) is 14.9. The highest BCUT2D eigenvalue weighted by atomic mass is 16.5. The van der Waals surface area contributed by atoms with Crippen LogP contribution in [0, 0.1) is 6.92 Å². The fourth-order valence-electron chi connectivity index (χ4n) is 3.22. The van der Waals surface area contributed by atoms with E-state index in [2.05, 4.69) is 11.2 Å². The van der Waals surface area contributed by atoms with Crippen LogP contribution in [0.3, 0.4) is 0 Å². The fourth-order valence-corrected chi connectivity index (χ4v) is 3.22. The first-order valence-electron chi connectivity index (χ1n) is 8.20. The monoisotopic (exact) mass is 338 g/mol. The molecule has 2 aromatic carbocycles. The minimum absolute atomic E-state index is 0.0995. The third-order valence-electron chi connectivity index (χ3n) is 4.38. The van der Waals surface area contributed by atoms with Crippen LogP contribution >= 0.6 is 0 Å². The Kier molecular flexibility index (Phi) is 4.74. The first-order chi connectivity index (χ1) is 12.0. The number of carbonyl (C=O) groups excluding carboxylic acids is 1. The van der Waals surface area contributed by atoms with E-state index in [1.54, 1.807) is 14.2 Å². The molecule has 1 heterocycles. The van der Waals surface area contributed by atoms with Gasteiger partial charge in [0.15, 0.2) is 11.5 Å². The zero-order chi connectivity index (χ0) is 18.0. The molecule has 3 rings (SSSR count). The second-order valence-corrected chi connectivity index (χ2v) is 6.08. The summed E-state index contributed by atoms with van der Waals surface area (Å²) in [7, 11) is 3.21. The molecule has 1 amide bonds. The van der Waals surface area contributed by atoms with Crippen molar-refractivity contribution in [1.82, 2.24) is 5.01 Å². The minimum Gasteiger partial charge on any atom is -0.493 e. The average Bonchev–Trinajstić information content (AvgIpc) is 3.06. The van der Waals surface area contributed by atoms with Gasteiger partial charge in [0.2, 0.25) is 5.91 Å². The molecule has 0 aromatic heterocycles. The Balaban J connectivity index is 2.02. The van der Waals surface area contributed by atoms with Crippen molar-refractivity contribution in [3.8, 4) is 11.5 Å². The molecule has 1 atom stereocenters. The molecule has 2 aromatic rings. The highest BCUT2D eigenvalue weighted by Crippen LogP contribution is 2.41. The molecular weight excluding hydrogens is 316 g/mol. The molecule has 0 saturated carbocycles. The van der Waals surface area contributed by atoms with E-state index in [1.165, 1.54) is 11.9 Å². The maximum absolute atomic E-state index is 12.2. The zero-order valence-corrected chi connectivity index (χ0v) is 14.9. The average molecular weight is 338 g/mol. The number of methoxy groups -OCH3 is 2. The maximum atomic E-state index is 12.2. The van der Waals surface area contributed by atoms with E-state index in [-0.39, 0.29) is 11.9 Å². The lowest BCUT2D eigenvalue weighted by atomic mass is 9.96. The third kappa shape index (κ3) is 3.22. The van der Waals surface area contributed by atoms with Crippen molar-refractivity contribution in [2.45, 2.75) is 26.3 Å². The Morgan fingerprint density at radius 1 is 1.16 bits per heavy atom. The lowest BCUT2D eigenvalue weighted by Crippen LogP contribution is -2.24. The van der Waals surface area contributed by atoms with Crippen molar-refractivity contribution in [1.29, 1.82) is 0 Å². The first kappa shape index (κ1) is 17.0. The van der Waals surface area contributed by atoms with Crippen LogP contribution in [0.25, 0.3) is 0 Å². The molecule has 0 fully saturated rings. The largest absolute Gasteiger partial charge is 0.493 e. The number of amides is 1. The summed E-state index contributed by atoms with van der Waals surface area (Å²) in [6, 6.07) is 13.7. The summed E-state index contributed by atoms with van der Waals surface area (Å²) in [5.41, 5.74) is 3.99. The van der Waals surface area contributed by atoms with E-state index in [1.807, 2.05) is 43.3 Å². The second kappa shape index (κ2) is 6.97. The Morgan fingerprint density at radius 3 is 2.56 bits per heavy atom. The summed E-state index contributed by atoms with van der Waals surface area (Å²) >= 11 is 0. The molecule has 0 N–H and O–H groups in total. The molecule has 1 aliphatic rings. The molecule has 5 nitrogen and oxygen atoms in total. The van der Waals surface area contributed by atoms with Crippen LogP contribution in [0.5, 0.6) is 11.5 Å². The Morgan fingerprint density at radius 2 is 1.92 bits per heavy atom. The van der Waals surface area contributed by atoms with E-state index in [0.29, 0.717) is 17.9 Å². The van der Waals surface area contributed by atoms with E-state index < -0.39 is 0 Å². The van der Waals surface area contributed by atoms with Crippen LogP contribution < -0.4 is 9.47 Å². The van der Waals surface area contributed by atoms with Crippen LogP contribution in [-0.2, 0) is 4.79 Å². The summed E-state index contributed by atoms with van der Waals surface area (Å²) in [5, 5.41) is 6.13. The smallest absolute Gasteiger partial charge is 0.240 e. The number of aryl methyl sites for hydroxylation is 1. The number of rotatable bonds is 4. The molecule has 1 unspecified atom stereocenters. The molecule has 0 spiro atoms. The SMILES string of the molecule is COc1cccc(C2CC(c3cccc(C)c3)=NN2C(C)=O)c1OC. The maximum Gasteiger partial charge on any atom is 0.240 e. The summed E-state index contributed by atoms with van der Waals surface area (Å²) in [6.45, 7) is 3.58. The quantitative estimate of drug-likeness (QED) is 0.854. The predicted molar refractivity (Wildman–Crippen MR) is 97.1 cm³/mol. The van der Waals surface area contributed by atoms with Crippen LogP contribution in [0.15, 0.2) is 47.6 Å². The minimum atomic E-state index is -0.210. The summed E-state index contributed by atoms with van der Waals surface area (Å²) < 4.78 is 10.9. The number of hydrogen-bond donors (Lipinski definition) is 0. The molecule has 0 radical (unpaired) electrons. The highest BCUT2D eigenvalue weighted by Gasteiger charge is 2.34. The predicted octanol–water partition coefficient (Wildman–Crippen LogP) is 3.71. The van der Waals surface area contributed by atoms with Gasteiger partial charge in [0.25, 0.3) is 0 Å². The van der Waals surface area contributed by atoms with Crippen LogP contribution in [0.1, 0.15) is 36.1 Å². The fraction of sp³-hybridized carbons (Fsp3) is 0.300. The third-order valence-corrected chi connectivity index (χ3v) is 4.38. The standard InChI is InChI=1S/C20H22N2O3/c1-13-7-5-8-15(11-13)17-12-18(22(21-17)14(2)23)16-9-6-10-19(24-3)20(16)25-4/h5-11,18H,12H2,1-4H3. The molecule has 130 valence electrons. The number of hydrazone groups is 1. The lowest BCUT2D eigenvalue weighted by Gasteiger charge is -2.23. The Bertz CT molecular complexity index is 829. The normalized spacial score (nSPS) is 16.6. The molecule has 0 bridgehead atoms. The van der Waals surface area contributed by atoms with Crippen molar-refractivity contribution in [2.75, 3.05) is 14.2 Å². The molecular formula is C20H22N2O3. The van der Waals surface area contributed by atoms with E-state index in [0.717, 1.165) is 22.4 Å². The summed E-state index contributed by atoms with van der Waals surface area (Å²) in [5.74, 6) is 1.19. The van der Waals surface area contributed by atoms with Gasteiger partial charge in [-0.3, -0.25) is 4.79 Å². The second-order valence-electron chi connectivity index (χ2n) is 6.08. The van der Waals surface area contributed by atoms with Gasteiger partial charge in [0.05, 0.1) is 26.0 Å². The summed E-state index contributed by atoms with van der Waals surface area (Å²) in [4.78, 5) is 12.2. The van der Waals surface area contributed by atoms with Gasteiger partial charge < -0.3 is 9.47 Å².